The summed E-state index contributed by atoms with van der Waals surface area (Å²) in [6.45, 7) is 4.47. The number of nitrogens with zero attached hydrogens (tertiary/aromatic N) is 1. The van der Waals surface area contributed by atoms with Crippen LogP contribution >= 0.6 is 0 Å². The molecule has 0 saturated carbocycles. The van der Waals surface area contributed by atoms with Crippen LogP contribution in [0.1, 0.15) is 30.5 Å². The smallest absolute Gasteiger partial charge is 0.0614 e. The zero-order chi connectivity index (χ0) is 14.4. The zero-order valence-corrected chi connectivity index (χ0v) is 12.5. The summed E-state index contributed by atoms with van der Waals surface area (Å²) in [6.07, 6.45) is 1.10. The van der Waals surface area contributed by atoms with Crippen molar-refractivity contribution in [1.82, 2.24) is 4.90 Å². The van der Waals surface area contributed by atoms with Crippen LogP contribution in [-0.2, 0) is 0 Å². The molecule has 1 heterocycles. The predicted molar refractivity (Wildman–Crippen MR) is 87.1 cm³/mol. The van der Waals surface area contributed by atoms with Gasteiger partial charge in [-0.05, 0) is 34.6 Å². The molecule has 4 rings (SSSR count). The van der Waals surface area contributed by atoms with Crippen LogP contribution in [0.25, 0.3) is 11.1 Å². The molecular formula is C19H22N2. The van der Waals surface area contributed by atoms with E-state index < -0.39 is 0 Å². The molecule has 1 saturated heterocycles. The SMILES string of the molecule is CC1CN(C2c3ccccc3-c3ccccc32)CCC1N. The van der Waals surface area contributed by atoms with Crippen LogP contribution in [0.15, 0.2) is 48.5 Å². The van der Waals surface area contributed by atoms with Gasteiger partial charge in [-0.25, -0.2) is 0 Å². The molecule has 2 atom stereocenters. The van der Waals surface area contributed by atoms with Crippen molar-refractivity contribution >= 4 is 0 Å². The fourth-order valence-electron chi connectivity index (χ4n) is 3.95. The van der Waals surface area contributed by atoms with Gasteiger partial charge in [0.1, 0.15) is 0 Å². The molecule has 1 aliphatic carbocycles. The average molecular weight is 278 g/mol. The van der Waals surface area contributed by atoms with Crippen molar-refractivity contribution in [2.75, 3.05) is 13.1 Å². The highest BCUT2D eigenvalue weighted by Gasteiger charge is 2.35. The van der Waals surface area contributed by atoms with Gasteiger partial charge in [0.05, 0.1) is 6.04 Å². The first-order valence-electron chi connectivity index (χ1n) is 7.93. The van der Waals surface area contributed by atoms with E-state index in [1.807, 2.05) is 0 Å². The molecule has 0 amide bonds. The normalized spacial score (nSPS) is 25.6. The molecular weight excluding hydrogens is 256 g/mol. The van der Waals surface area contributed by atoms with Crippen LogP contribution < -0.4 is 5.73 Å². The number of nitrogens with two attached hydrogens (primary N) is 1. The Morgan fingerprint density at radius 3 is 2.10 bits per heavy atom. The largest absolute Gasteiger partial charge is 0.327 e. The lowest BCUT2D eigenvalue weighted by molar-refractivity contribution is 0.135. The van der Waals surface area contributed by atoms with E-state index in [1.54, 1.807) is 0 Å². The van der Waals surface area contributed by atoms with Gasteiger partial charge in [-0.15, -0.1) is 0 Å². The Labute approximate surface area is 126 Å². The summed E-state index contributed by atoms with van der Waals surface area (Å²) in [4.78, 5) is 2.62. The van der Waals surface area contributed by atoms with Crippen molar-refractivity contribution in [3.05, 3.63) is 59.7 Å². The lowest BCUT2D eigenvalue weighted by Crippen LogP contribution is -2.47. The number of hydrogen-bond donors (Lipinski definition) is 1. The molecule has 1 aliphatic heterocycles. The Bertz CT molecular complexity index is 619. The molecule has 2 aromatic rings. The summed E-state index contributed by atoms with van der Waals surface area (Å²) in [5.41, 5.74) is 11.9. The van der Waals surface area contributed by atoms with E-state index in [2.05, 4.69) is 60.4 Å². The van der Waals surface area contributed by atoms with Gasteiger partial charge >= 0.3 is 0 Å². The second-order valence-electron chi connectivity index (χ2n) is 6.50. The lowest BCUT2D eigenvalue weighted by Gasteiger charge is -2.39. The predicted octanol–water partition coefficient (Wildman–Crippen LogP) is 3.43. The fraction of sp³-hybridized carbons (Fsp3) is 0.368. The third kappa shape index (κ3) is 2.02. The Morgan fingerprint density at radius 2 is 1.52 bits per heavy atom. The Kier molecular flexibility index (Phi) is 3.09. The number of likely N-dealkylation sites (tertiary alicyclic amines) is 1. The number of hydrogen-bond acceptors (Lipinski definition) is 2. The van der Waals surface area contributed by atoms with E-state index in [1.165, 1.54) is 22.3 Å². The number of rotatable bonds is 1. The van der Waals surface area contributed by atoms with Crippen LogP contribution in [0.3, 0.4) is 0 Å². The van der Waals surface area contributed by atoms with Crippen molar-refractivity contribution in [2.24, 2.45) is 11.7 Å². The highest BCUT2D eigenvalue weighted by molar-refractivity contribution is 5.78. The van der Waals surface area contributed by atoms with Crippen molar-refractivity contribution in [3.8, 4) is 11.1 Å². The lowest BCUT2D eigenvalue weighted by atomic mass is 9.91. The Hall–Kier alpha value is -1.64. The van der Waals surface area contributed by atoms with Crippen LogP contribution in [0, 0.1) is 5.92 Å². The van der Waals surface area contributed by atoms with E-state index in [0.29, 0.717) is 18.0 Å². The Morgan fingerprint density at radius 1 is 0.952 bits per heavy atom. The summed E-state index contributed by atoms with van der Waals surface area (Å²) in [5.74, 6) is 0.568. The van der Waals surface area contributed by atoms with Gasteiger partial charge in [-0.3, -0.25) is 4.90 Å². The van der Waals surface area contributed by atoms with Crippen LogP contribution in [-0.4, -0.2) is 24.0 Å². The molecule has 2 nitrogen and oxygen atoms in total. The second kappa shape index (κ2) is 4.97. The molecule has 0 radical (unpaired) electrons. The first-order chi connectivity index (χ1) is 10.3. The summed E-state index contributed by atoms with van der Waals surface area (Å²) < 4.78 is 0. The zero-order valence-electron chi connectivity index (χ0n) is 12.5. The van der Waals surface area contributed by atoms with E-state index >= 15 is 0 Å². The minimum absolute atomic E-state index is 0.355. The summed E-state index contributed by atoms with van der Waals surface area (Å²) in [6, 6.07) is 18.5. The van der Waals surface area contributed by atoms with E-state index in [0.717, 1.165) is 19.5 Å². The van der Waals surface area contributed by atoms with E-state index in [-0.39, 0.29) is 0 Å². The maximum Gasteiger partial charge on any atom is 0.0614 e. The topological polar surface area (TPSA) is 29.3 Å². The molecule has 2 aromatic carbocycles. The Balaban J connectivity index is 1.78. The molecule has 108 valence electrons. The minimum atomic E-state index is 0.355. The number of benzene rings is 2. The quantitative estimate of drug-likeness (QED) is 0.866. The van der Waals surface area contributed by atoms with Gasteiger partial charge in [0, 0.05) is 19.1 Å². The van der Waals surface area contributed by atoms with Gasteiger partial charge < -0.3 is 5.73 Å². The summed E-state index contributed by atoms with van der Waals surface area (Å²) in [7, 11) is 0. The molecule has 0 aromatic heterocycles. The van der Waals surface area contributed by atoms with E-state index in [9.17, 15) is 0 Å². The fourth-order valence-corrected chi connectivity index (χ4v) is 3.95. The summed E-state index contributed by atoms with van der Waals surface area (Å²) >= 11 is 0. The maximum atomic E-state index is 6.20. The molecule has 2 unspecified atom stereocenters. The average Bonchev–Trinajstić information content (AvgIpc) is 2.85. The van der Waals surface area contributed by atoms with Gasteiger partial charge in [0.15, 0.2) is 0 Å². The van der Waals surface area contributed by atoms with Crippen LogP contribution in [0.4, 0.5) is 0 Å². The second-order valence-corrected chi connectivity index (χ2v) is 6.50. The summed E-state index contributed by atoms with van der Waals surface area (Å²) in [5, 5.41) is 0. The van der Waals surface area contributed by atoms with Crippen LogP contribution in [0.5, 0.6) is 0 Å². The molecule has 2 aliphatic rings. The minimum Gasteiger partial charge on any atom is -0.327 e. The van der Waals surface area contributed by atoms with Gasteiger partial charge in [0.2, 0.25) is 0 Å². The van der Waals surface area contributed by atoms with Crippen molar-refractivity contribution in [2.45, 2.75) is 25.4 Å². The standard InChI is InChI=1S/C19H22N2/c1-13-12-21(11-10-18(13)20)19-16-8-4-2-6-14(16)15-7-3-5-9-17(15)19/h2-9,13,18-19H,10-12,20H2,1H3. The molecule has 2 N–H and O–H groups in total. The monoisotopic (exact) mass is 278 g/mol. The highest BCUT2D eigenvalue weighted by atomic mass is 15.2. The number of piperidine rings is 1. The number of fused-ring (bicyclic) bond motifs is 3. The highest BCUT2D eigenvalue weighted by Crippen LogP contribution is 2.46. The van der Waals surface area contributed by atoms with Crippen molar-refractivity contribution in [3.63, 3.8) is 0 Å². The molecule has 2 heteroatoms. The molecule has 0 bridgehead atoms. The van der Waals surface area contributed by atoms with Gasteiger partial charge in [-0.1, -0.05) is 55.5 Å². The first-order valence-corrected chi connectivity index (χ1v) is 7.93. The van der Waals surface area contributed by atoms with Gasteiger partial charge in [-0.2, -0.15) is 0 Å². The maximum absolute atomic E-state index is 6.20. The molecule has 0 spiro atoms. The third-order valence-electron chi connectivity index (χ3n) is 5.17. The van der Waals surface area contributed by atoms with E-state index in [4.69, 9.17) is 5.73 Å². The van der Waals surface area contributed by atoms with Gasteiger partial charge in [0.25, 0.3) is 0 Å². The van der Waals surface area contributed by atoms with Crippen LogP contribution in [0.2, 0.25) is 0 Å². The molecule has 1 fully saturated rings. The third-order valence-corrected chi connectivity index (χ3v) is 5.17. The van der Waals surface area contributed by atoms with Crippen molar-refractivity contribution in [1.29, 1.82) is 0 Å². The first kappa shape index (κ1) is 13.1. The molecule has 21 heavy (non-hydrogen) atoms. The van der Waals surface area contributed by atoms with Crippen molar-refractivity contribution < 1.29 is 0 Å².